The summed E-state index contributed by atoms with van der Waals surface area (Å²) in [5.74, 6) is 1.57. The fraction of sp³-hybridized carbons (Fsp3) is 0.211. The van der Waals surface area contributed by atoms with E-state index in [2.05, 4.69) is 4.98 Å². The van der Waals surface area contributed by atoms with E-state index in [1.54, 1.807) is 12.5 Å². The predicted octanol–water partition coefficient (Wildman–Crippen LogP) is 3.00. The van der Waals surface area contributed by atoms with Gasteiger partial charge in [0, 0.05) is 12.4 Å². The summed E-state index contributed by atoms with van der Waals surface area (Å²) in [6.07, 6.45) is 5.45. The standard InChI is InChI=1S/C19H20N2O3/c22-10-12-24-19-6-2-4-17(14-19)16-3-1-5-18(13-16)23-11-9-21-8-7-20-15-21/h1-8,13-15,22H,9-12H2. The Balaban J connectivity index is 1.66. The number of hydrogen-bond donors (Lipinski definition) is 1. The maximum atomic E-state index is 8.85. The first-order chi connectivity index (χ1) is 11.8. The highest BCUT2D eigenvalue weighted by Crippen LogP contribution is 2.27. The van der Waals surface area contributed by atoms with E-state index in [4.69, 9.17) is 14.6 Å². The molecule has 124 valence electrons. The Morgan fingerprint density at radius 3 is 2.17 bits per heavy atom. The number of benzene rings is 2. The van der Waals surface area contributed by atoms with Gasteiger partial charge in [0.25, 0.3) is 0 Å². The van der Waals surface area contributed by atoms with Crippen LogP contribution < -0.4 is 9.47 Å². The average molecular weight is 324 g/mol. The van der Waals surface area contributed by atoms with E-state index in [1.807, 2.05) is 59.3 Å². The lowest BCUT2D eigenvalue weighted by Gasteiger charge is -2.10. The molecule has 0 fully saturated rings. The fourth-order valence-electron chi connectivity index (χ4n) is 2.38. The van der Waals surface area contributed by atoms with E-state index in [0.717, 1.165) is 29.2 Å². The van der Waals surface area contributed by atoms with Crippen molar-refractivity contribution in [3.05, 3.63) is 67.3 Å². The number of nitrogens with zero attached hydrogens (tertiary/aromatic N) is 2. The van der Waals surface area contributed by atoms with Gasteiger partial charge in [0.05, 0.1) is 19.5 Å². The number of aliphatic hydroxyl groups excluding tert-OH is 1. The summed E-state index contributed by atoms with van der Waals surface area (Å²) in [6.45, 7) is 1.64. The average Bonchev–Trinajstić information content (AvgIpc) is 3.14. The summed E-state index contributed by atoms with van der Waals surface area (Å²) in [5, 5.41) is 8.85. The minimum atomic E-state index is 0.00443. The van der Waals surface area contributed by atoms with Crippen LogP contribution in [-0.2, 0) is 6.54 Å². The number of imidazole rings is 1. The molecule has 3 aromatic rings. The Kier molecular flexibility index (Phi) is 5.48. The van der Waals surface area contributed by atoms with Crippen molar-refractivity contribution in [2.24, 2.45) is 0 Å². The van der Waals surface area contributed by atoms with Gasteiger partial charge in [-0.05, 0) is 35.4 Å². The molecule has 0 aliphatic heterocycles. The molecular weight excluding hydrogens is 304 g/mol. The lowest BCUT2D eigenvalue weighted by atomic mass is 10.1. The van der Waals surface area contributed by atoms with Crippen molar-refractivity contribution >= 4 is 0 Å². The number of aliphatic hydroxyl groups is 1. The number of rotatable bonds is 8. The van der Waals surface area contributed by atoms with E-state index >= 15 is 0 Å². The second kappa shape index (κ2) is 8.17. The van der Waals surface area contributed by atoms with Crippen LogP contribution in [0.25, 0.3) is 11.1 Å². The van der Waals surface area contributed by atoms with Crippen LogP contribution in [0.4, 0.5) is 0 Å². The first kappa shape index (κ1) is 16.1. The molecule has 0 saturated heterocycles. The molecule has 1 heterocycles. The highest BCUT2D eigenvalue weighted by Gasteiger charge is 2.03. The molecule has 3 rings (SSSR count). The zero-order valence-electron chi connectivity index (χ0n) is 13.3. The summed E-state index contributed by atoms with van der Waals surface area (Å²) < 4.78 is 13.3. The third-order valence-electron chi connectivity index (χ3n) is 3.54. The molecule has 0 amide bonds. The van der Waals surface area contributed by atoms with Crippen molar-refractivity contribution in [2.45, 2.75) is 6.54 Å². The largest absolute Gasteiger partial charge is 0.492 e. The monoisotopic (exact) mass is 324 g/mol. The summed E-state index contributed by atoms with van der Waals surface area (Å²) >= 11 is 0. The van der Waals surface area contributed by atoms with Gasteiger partial charge in [0.1, 0.15) is 24.7 Å². The molecule has 0 spiro atoms. The van der Waals surface area contributed by atoms with Crippen LogP contribution in [0.3, 0.4) is 0 Å². The van der Waals surface area contributed by atoms with Crippen molar-refractivity contribution < 1.29 is 14.6 Å². The van der Waals surface area contributed by atoms with Crippen molar-refractivity contribution in [3.8, 4) is 22.6 Å². The number of hydrogen-bond acceptors (Lipinski definition) is 4. The molecule has 5 heteroatoms. The normalized spacial score (nSPS) is 10.5. The van der Waals surface area contributed by atoms with Crippen molar-refractivity contribution in [2.75, 3.05) is 19.8 Å². The van der Waals surface area contributed by atoms with E-state index in [9.17, 15) is 0 Å². The van der Waals surface area contributed by atoms with Gasteiger partial charge in [-0.3, -0.25) is 0 Å². The predicted molar refractivity (Wildman–Crippen MR) is 92.2 cm³/mol. The van der Waals surface area contributed by atoms with Gasteiger partial charge in [-0.1, -0.05) is 24.3 Å². The summed E-state index contributed by atoms with van der Waals surface area (Å²) in [5.41, 5.74) is 2.11. The second-order valence-electron chi connectivity index (χ2n) is 5.28. The van der Waals surface area contributed by atoms with Crippen LogP contribution in [0.2, 0.25) is 0 Å². The van der Waals surface area contributed by atoms with E-state index < -0.39 is 0 Å². The Hall–Kier alpha value is -2.79. The minimum Gasteiger partial charge on any atom is -0.492 e. The molecule has 1 N–H and O–H groups in total. The van der Waals surface area contributed by atoms with Gasteiger partial charge in [-0.2, -0.15) is 0 Å². The molecule has 0 bridgehead atoms. The van der Waals surface area contributed by atoms with Crippen LogP contribution in [0.15, 0.2) is 67.3 Å². The highest BCUT2D eigenvalue weighted by molar-refractivity contribution is 5.66. The highest BCUT2D eigenvalue weighted by atomic mass is 16.5. The summed E-state index contributed by atoms with van der Waals surface area (Å²) in [6, 6.07) is 15.8. The molecule has 0 atom stereocenters. The third kappa shape index (κ3) is 4.36. The maximum absolute atomic E-state index is 8.85. The zero-order valence-corrected chi connectivity index (χ0v) is 13.3. The van der Waals surface area contributed by atoms with Crippen molar-refractivity contribution in [3.63, 3.8) is 0 Å². The van der Waals surface area contributed by atoms with Crippen molar-refractivity contribution in [1.82, 2.24) is 9.55 Å². The second-order valence-corrected chi connectivity index (χ2v) is 5.28. The summed E-state index contributed by atoms with van der Waals surface area (Å²) in [7, 11) is 0. The van der Waals surface area contributed by atoms with Gasteiger partial charge >= 0.3 is 0 Å². The fourth-order valence-corrected chi connectivity index (χ4v) is 2.38. The Bertz CT molecular complexity index is 757. The maximum Gasteiger partial charge on any atom is 0.120 e. The molecular formula is C19H20N2O3. The molecule has 0 unspecified atom stereocenters. The SMILES string of the molecule is OCCOc1cccc(-c2cccc(OCCn3ccnc3)c2)c1. The van der Waals surface area contributed by atoms with E-state index in [1.165, 1.54) is 0 Å². The number of ether oxygens (including phenoxy) is 2. The van der Waals surface area contributed by atoms with Gasteiger partial charge in [-0.25, -0.2) is 4.98 Å². The topological polar surface area (TPSA) is 56.5 Å². The van der Waals surface area contributed by atoms with E-state index in [0.29, 0.717) is 13.2 Å². The van der Waals surface area contributed by atoms with Gasteiger partial charge < -0.3 is 19.1 Å². The van der Waals surface area contributed by atoms with Crippen LogP contribution in [-0.4, -0.2) is 34.5 Å². The Labute approximate surface area is 141 Å². The zero-order chi connectivity index (χ0) is 16.6. The van der Waals surface area contributed by atoms with Crippen LogP contribution >= 0.6 is 0 Å². The molecule has 0 aliphatic carbocycles. The summed E-state index contributed by atoms with van der Waals surface area (Å²) in [4.78, 5) is 4.01. The molecule has 1 aromatic heterocycles. The first-order valence-electron chi connectivity index (χ1n) is 7.88. The van der Waals surface area contributed by atoms with Gasteiger partial charge in [0.15, 0.2) is 0 Å². The van der Waals surface area contributed by atoms with Gasteiger partial charge in [-0.15, -0.1) is 0 Å². The molecule has 2 aromatic carbocycles. The quantitative estimate of drug-likeness (QED) is 0.692. The molecule has 0 aliphatic rings. The molecule has 5 nitrogen and oxygen atoms in total. The van der Waals surface area contributed by atoms with Crippen LogP contribution in [0.1, 0.15) is 0 Å². The van der Waals surface area contributed by atoms with E-state index in [-0.39, 0.29) is 6.61 Å². The molecule has 0 saturated carbocycles. The van der Waals surface area contributed by atoms with Crippen LogP contribution in [0.5, 0.6) is 11.5 Å². The van der Waals surface area contributed by atoms with Crippen LogP contribution in [0, 0.1) is 0 Å². The Morgan fingerprint density at radius 1 is 0.917 bits per heavy atom. The Morgan fingerprint density at radius 2 is 1.58 bits per heavy atom. The first-order valence-corrected chi connectivity index (χ1v) is 7.88. The van der Waals surface area contributed by atoms with Crippen molar-refractivity contribution in [1.29, 1.82) is 0 Å². The van der Waals surface area contributed by atoms with Gasteiger partial charge in [0.2, 0.25) is 0 Å². The smallest absolute Gasteiger partial charge is 0.120 e. The third-order valence-corrected chi connectivity index (χ3v) is 3.54. The number of aromatic nitrogens is 2. The lowest BCUT2D eigenvalue weighted by Crippen LogP contribution is -2.06. The lowest BCUT2D eigenvalue weighted by molar-refractivity contribution is 0.201. The molecule has 0 radical (unpaired) electrons. The molecule has 24 heavy (non-hydrogen) atoms. The minimum absolute atomic E-state index is 0.00443.